The van der Waals surface area contributed by atoms with E-state index < -0.39 is 39.6 Å². The van der Waals surface area contributed by atoms with Crippen LogP contribution in [0.5, 0.6) is 0 Å². The average molecular weight is 458 g/mol. The van der Waals surface area contributed by atoms with Gasteiger partial charge in [-0.15, -0.1) is 5.06 Å². The van der Waals surface area contributed by atoms with Gasteiger partial charge in [-0.1, -0.05) is 32.6 Å². The van der Waals surface area contributed by atoms with Crippen molar-refractivity contribution in [3.8, 4) is 0 Å². The maximum absolute atomic E-state index is 12.0. The van der Waals surface area contributed by atoms with E-state index in [4.69, 9.17) is 4.55 Å². The van der Waals surface area contributed by atoms with Crippen molar-refractivity contribution in [3.05, 3.63) is 12.2 Å². The lowest BCUT2D eigenvalue weighted by Crippen LogP contribution is -2.40. The van der Waals surface area contributed by atoms with Crippen molar-refractivity contribution in [2.45, 2.75) is 76.0 Å². The maximum Gasteiger partial charge on any atom is 0.333 e. The minimum atomic E-state index is -4.78. The number of rotatable bonds is 12. The Morgan fingerprint density at radius 1 is 1.10 bits per heavy atom. The molecule has 1 saturated heterocycles. The molecule has 2 rings (SSSR count). The molecule has 2 aliphatic rings. The molecule has 0 radical (unpaired) electrons. The van der Waals surface area contributed by atoms with Gasteiger partial charge in [0, 0.05) is 24.6 Å². The molecule has 2 unspecified atom stereocenters. The lowest BCUT2D eigenvalue weighted by Gasteiger charge is -2.26. The van der Waals surface area contributed by atoms with Gasteiger partial charge in [-0.3, -0.25) is 28.6 Å². The van der Waals surface area contributed by atoms with E-state index >= 15 is 0 Å². The number of imide groups is 2. The summed E-state index contributed by atoms with van der Waals surface area (Å²) in [4.78, 5) is 65.4. The third kappa shape index (κ3) is 6.44. The number of hydroxylamine groups is 2. The minimum absolute atomic E-state index is 0.0710. The predicted molar refractivity (Wildman–Crippen MR) is 105 cm³/mol. The molecule has 1 N–H and O–H groups in total. The Balaban J connectivity index is 1.82. The van der Waals surface area contributed by atoms with Crippen molar-refractivity contribution in [2.75, 3.05) is 0 Å². The number of carbonyl (C=O) groups excluding carboxylic acids is 5. The van der Waals surface area contributed by atoms with Crippen molar-refractivity contribution in [3.63, 3.8) is 0 Å². The number of unbranched alkanes of at least 4 members (excludes halogenated alkanes) is 3. The van der Waals surface area contributed by atoms with Crippen molar-refractivity contribution in [2.24, 2.45) is 0 Å². The second-order valence-corrected chi connectivity index (χ2v) is 9.07. The number of hydrogen-bond donors (Lipinski definition) is 1. The van der Waals surface area contributed by atoms with E-state index in [1.165, 1.54) is 17.1 Å². The van der Waals surface area contributed by atoms with Crippen LogP contribution in [0.4, 0.5) is 0 Å². The van der Waals surface area contributed by atoms with Gasteiger partial charge in [-0.05, 0) is 19.3 Å². The van der Waals surface area contributed by atoms with Crippen LogP contribution in [0.2, 0.25) is 0 Å². The number of hydrogen-bond acceptors (Lipinski definition) is 8. The summed E-state index contributed by atoms with van der Waals surface area (Å²) >= 11 is 0. The van der Waals surface area contributed by atoms with E-state index in [2.05, 4.69) is 4.84 Å². The zero-order valence-electron chi connectivity index (χ0n) is 17.2. The van der Waals surface area contributed by atoms with Gasteiger partial charge < -0.3 is 4.84 Å². The molecule has 12 heteroatoms. The number of amides is 4. The Morgan fingerprint density at radius 2 is 1.68 bits per heavy atom. The van der Waals surface area contributed by atoms with E-state index in [1.807, 2.05) is 6.92 Å². The molecule has 0 aromatic heterocycles. The van der Waals surface area contributed by atoms with Crippen LogP contribution in [0.1, 0.15) is 64.7 Å². The summed E-state index contributed by atoms with van der Waals surface area (Å²) in [5.74, 6) is -3.96. The van der Waals surface area contributed by atoms with Crippen LogP contribution >= 0.6 is 0 Å². The van der Waals surface area contributed by atoms with Gasteiger partial charge in [0.05, 0.1) is 6.42 Å². The first kappa shape index (κ1) is 24.7. The van der Waals surface area contributed by atoms with E-state index in [9.17, 15) is 32.4 Å². The zero-order chi connectivity index (χ0) is 23.2. The molecule has 2 heterocycles. The fourth-order valence-electron chi connectivity index (χ4n) is 3.51. The van der Waals surface area contributed by atoms with Gasteiger partial charge in [-0.2, -0.15) is 8.42 Å². The van der Waals surface area contributed by atoms with Gasteiger partial charge in [0.15, 0.2) is 5.25 Å². The van der Waals surface area contributed by atoms with Crippen LogP contribution in [-0.4, -0.2) is 63.8 Å². The topological polar surface area (TPSA) is 155 Å². The summed E-state index contributed by atoms with van der Waals surface area (Å²) in [5, 5.41) is -1.90. The fraction of sp³-hybridized carbons (Fsp3) is 0.632. The highest BCUT2D eigenvalue weighted by Crippen LogP contribution is 2.22. The first-order chi connectivity index (χ1) is 14.6. The molecule has 1 fully saturated rings. The van der Waals surface area contributed by atoms with Crippen LogP contribution < -0.4 is 0 Å². The monoisotopic (exact) mass is 458 g/mol. The third-order valence-electron chi connectivity index (χ3n) is 5.13. The molecular weight excluding hydrogens is 432 g/mol. The van der Waals surface area contributed by atoms with Crippen molar-refractivity contribution in [1.82, 2.24) is 9.96 Å². The largest absolute Gasteiger partial charge is 0.333 e. The Bertz CT molecular complexity index is 863. The molecule has 0 aliphatic carbocycles. The number of carbonyl (C=O) groups is 5. The summed E-state index contributed by atoms with van der Waals surface area (Å²) in [7, 11) is -4.78. The van der Waals surface area contributed by atoms with Crippen LogP contribution in [-0.2, 0) is 38.9 Å². The third-order valence-corrected chi connectivity index (χ3v) is 6.22. The van der Waals surface area contributed by atoms with E-state index in [0.717, 1.165) is 19.3 Å². The lowest BCUT2D eigenvalue weighted by molar-refractivity contribution is -0.197. The van der Waals surface area contributed by atoms with Gasteiger partial charge in [0.1, 0.15) is 0 Å². The smallest absolute Gasteiger partial charge is 0.330 e. The van der Waals surface area contributed by atoms with E-state index in [-0.39, 0.29) is 29.3 Å². The van der Waals surface area contributed by atoms with Crippen LogP contribution in [0.15, 0.2) is 12.2 Å². The van der Waals surface area contributed by atoms with Crippen LogP contribution in [0, 0.1) is 0 Å². The van der Waals surface area contributed by atoms with Gasteiger partial charge >= 0.3 is 5.97 Å². The molecule has 11 nitrogen and oxygen atoms in total. The molecule has 0 aromatic carbocycles. The zero-order valence-corrected chi connectivity index (χ0v) is 18.0. The standard InChI is InChI=1S/C19H26N2O9S/c1-2-3-4-7-13(20-15(22)10-11-16(20)23)8-5-6-9-18(25)30-21-17(24)12-14(19(21)26)31(27,28)29/h10-11,13-14H,2-9,12H2,1H3,(H,27,28,29). The van der Waals surface area contributed by atoms with Crippen LogP contribution in [0.25, 0.3) is 0 Å². The highest BCUT2D eigenvalue weighted by molar-refractivity contribution is 7.87. The summed E-state index contributed by atoms with van der Waals surface area (Å²) in [6.07, 6.45) is 6.27. The highest BCUT2D eigenvalue weighted by Gasteiger charge is 2.48. The van der Waals surface area contributed by atoms with Crippen molar-refractivity contribution in [1.29, 1.82) is 0 Å². The second-order valence-electron chi connectivity index (χ2n) is 7.47. The summed E-state index contributed by atoms with van der Waals surface area (Å²) in [6.45, 7) is 2.04. The van der Waals surface area contributed by atoms with Gasteiger partial charge in [0.25, 0.3) is 33.7 Å². The Labute approximate surface area is 180 Å². The van der Waals surface area contributed by atoms with E-state index in [1.54, 1.807) is 0 Å². The van der Waals surface area contributed by atoms with Crippen molar-refractivity contribution < 1.29 is 41.8 Å². The van der Waals surface area contributed by atoms with Gasteiger partial charge in [-0.25, -0.2) is 4.79 Å². The fourth-order valence-corrected chi connectivity index (χ4v) is 4.22. The Kier molecular flexibility index (Phi) is 8.45. The predicted octanol–water partition coefficient (Wildman–Crippen LogP) is 0.894. The molecule has 0 bridgehead atoms. The SMILES string of the molecule is CCCCCC(CCCCC(=O)ON1C(=O)CC(S(=O)(=O)O)C1=O)N1C(=O)C=CC1=O. The maximum atomic E-state index is 12.0. The van der Waals surface area contributed by atoms with Crippen molar-refractivity contribution >= 4 is 39.7 Å². The Hall–Kier alpha value is -2.60. The molecule has 2 aliphatic heterocycles. The normalized spacial score (nSPS) is 20.1. The lowest BCUT2D eigenvalue weighted by atomic mass is 10.0. The first-order valence-electron chi connectivity index (χ1n) is 10.1. The van der Waals surface area contributed by atoms with Gasteiger partial charge in [0.2, 0.25) is 0 Å². The molecule has 2 atom stereocenters. The highest BCUT2D eigenvalue weighted by atomic mass is 32.2. The molecule has 0 aromatic rings. The first-order valence-corrected chi connectivity index (χ1v) is 11.7. The molecule has 0 spiro atoms. The quantitative estimate of drug-likeness (QED) is 0.255. The summed E-state index contributed by atoms with van der Waals surface area (Å²) in [5.41, 5.74) is 0. The molecule has 172 valence electrons. The second kappa shape index (κ2) is 10.6. The summed E-state index contributed by atoms with van der Waals surface area (Å²) in [6, 6.07) is -0.283. The minimum Gasteiger partial charge on any atom is -0.330 e. The van der Waals surface area contributed by atoms with Crippen LogP contribution in [0.3, 0.4) is 0 Å². The average Bonchev–Trinajstić information content (AvgIpc) is 3.17. The number of nitrogens with zero attached hydrogens (tertiary/aromatic N) is 2. The van der Waals surface area contributed by atoms with E-state index in [0.29, 0.717) is 25.7 Å². The molecule has 4 amide bonds. The molecule has 31 heavy (non-hydrogen) atoms. The molecular formula is C19H26N2O9S. The Morgan fingerprint density at radius 3 is 2.19 bits per heavy atom. The summed E-state index contributed by atoms with van der Waals surface area (Å²) < 4.78 is 31.2. The molecule has 0 saturated carbocycles.